The molecule has 1 aliphatic rings. The van der Waals surface area contributed by atoms with E-state index in [1.165, 1.54) is 25.0 Å². The summed E-state index contributed by atoms with van der Waals surface area (Å²) in [5.41, 5.74) is 2.23. The van der Waals surface area contributed by atoms with Gasteiger partial charge in [-0.3, -0.25) is 4.68 Å². The smallest absolute Gasteiger partial charge is 0.0849 e. The summed E-state index contributed by atoms with van der Waals surface area (Å²) in [6.07, 6.45) is 5.87. The topological polar surface area (TPSA) is 29.9 Å². The molecule has 1 atom stereocenters. The van der Waals surface area contributed by atoms with E-state index in [9.17, 15) is 0 Å². The van der Waals surface area contributed by atoms with Crippen LogP contribution in [0.2, 0.25) is 5.02 Å². The van der Waals surface area contributed by atoms with Crippen molar-refractivity contribution in [1.82, 2.24) is 15.1 Å². The Morgan fingerprint density at radius 3 is 2.60 bits per heavy atom. The molecular formula is C16H28ClN3. The van der Waals surface area contributed by atoms with Crippen LogP contribution in [0.4, 0.5) is 0 Å². The number of rotatable bonds is 8. The van der Waals surface area contributed by atoms with E-state index in [0.717, 1.165) is 42.1 Å². The molecule has 1 fully saturated rings. The van der Waals surface area contributed by atoms with Crippen molar-refractivity contribution in [2.75, 3.05) is 6.54 Å². The Kier molecular flexibility index (Phi) is 5.50. The molecule has 4 heteroatoms. The first-order valence-corrected chi connectivity index (χ1v) is 8.32. The summed E-state index contributed by atoms with van der Waals surface area (Å²) >= 11 is 6.48. The SMILES string of the molecule is CCc1nn(C)c(CC(CNC2CC2)CC(C)C)c1Cl. The summed E-state index contributed by atoms with van der Waals surface area (Å²) in [4.78, 5) is 0. The van der Waals surface area contributed by atoms with Crippen molar-refractivity contribution < 1.29 is 0 Å². The minimum Gasteiger partial charge on any atom is -0.314 e. The van der Waals surface area contributed by atoms with Gasteiger partial charge >= 0.3 is 0 Å². The van der Waals surface area contributed by atoms with E-state index in [0.29, 0.717) is 5.92 Å². The van der Waals surface area contributed by atoms with E-state index >= 15 is 0 Å². The van der Waals surface area contributed by atoms with Crippen LogP contribution in [-0.2, 0) is 19.9 Å². The normalized spacial score (nSPS) is 16.9. The quantitative estimate of drug-likeness (QED) is 0.794. The Balaban J connectivity index is 2.02. The van der Waals surface area contributed by atoms with Gasteiger partial charge in [0.25, 0.3) is 0 Å². The number of halogens is 1. The monoisotopic (exact) mass is 297 g/mol. The van der Waals surface area contributed by atoms with Gasteiger partial charge in [0.2, 0.25) is 0 Å². The Morgan fingerprint density at radius 2 is 2.10 bits per heavy atom. The fourth-order valence-corrected chi connectivity index (χ4v) is 3.21. The number of aromatic nitrogens is 2. The third kappa shape index (κ3) is 4.23. The van der Waals surface area contributed by atoms with Gasteiger partial charge in [-0.15, -0.1) is 0 Å². The standard InChI is InChI=1S/C16H28ClN3/c1-5-14-16(17)15(20(4)19-14)9-12(8-11(2)3)10-18-13-6-7-13/h11-13,18H,5-10H2,1-4H3. The average molecular weight is 298 g/mol. The Labute approximate surface area is 128 Å². The van der Waals surface area contributed by atoms with Crippen LogP contribution in [0.1, 0.15) is 51.4 Å². The maximum Gasteiger partial charge on any atom is 0.0849 e. The Hall–Kier alpha value is -0.540. The lowest BCUT2D eigenvalue weighted by atomic mass is 9.92. The Morgan fingerprint density at radius 1 is 1.40 bits per heavy atom. The second kappa shape index (κ2) is 6.95. The second-order valence-electron chi connectivity index (χ2n) is 6.57. The highest BCUT2D eigenvalue weighted by Gasteiger charge is 2.24. The highest BCUT2D eigenvalue weighted by Crippen LogP contribution is 2.26. The van der Waals surface area contributed by atoms with Crippen molar-refractivity contribution in [3.05, 3.63) is 16.4 Å². The van der Waals surface area contributed by atoms with Gasteiger partial charge in [0.05, 0.1) is 16.4 Å². The molecule has 0 spiro atoms. The summed E-state index contributed by atoms with van der Waals surface area (Å²) in [5, 5.41) is 9.09. The Bertz CT molecular complexity index is 435. The van der Waals surface area contributed by atoms with Gasteiger partial charge in [0, 0.05) is 13.1 Å². The zero-order chi connectivity index (χ0) is 14.7. The van der Waals surface area contributed by atoms with Gasteiger partial charge in [0.1, 0.15) is 0 Å². The molecule has 1 heterocycles. The first kappa shape index (κ1) is 15.8. The van der Waals surface area contributed by atoms with Crippen molar-refractivity contribution in [2.24, 2.45) is 18.9 Å². The van der Waals surface area contributed by atoms with Crippen molar-refractivity contribution in [3.8, 4) is 0 Å². The highest BCUT2D eigenvalue weighted by molar-refractivity contribution is 6.31. The van der Waals surface area contributed by atoms with Gasteiger partial charge in [-0.25, -0.2) is 0 Å². The molecular weight excluding hydrogens is 270 g/mol. The third-order valence-corrected chi connectivity index (χ3v) is 4.50. The predicted molar refractivity (Wildman–Crippen MR) is 85.3 cm³/mol. The molecule has 20 heavy (non-hydrogen) atoms. The van der Waals surface area contributed by atoms with Gasteiger partial charge in [-0.2, -0.15) is 5.10 Å². The third-order valence-electron chi connectivity index (χ3n) is 4.06. The van der Waals surface area contributed by atoms with Crippen LogP contribution in [0.3, 0.4) is 0 Å². The van der Waals surface area contributed by atoms with Crippen molar-refractivity contribution in [1.29, 1.82) is 0 Å². The first-order valence-electron chi connectivity index (χ1n) is 7.94. The number of nitrogens with zero attached hydrogens (tertiary/aromatic N) is 2. The zero-order valence-corrected chi connectivity index (χ0v) is 14.0. The highest BCUT2D eigenvalue weighted by atomic mass is 35.5. The van der Waals surface area contributed by atoms with E-state index in [2.05, 4.69) is 31.2 Å². The van der Waals surface area contributed by atoms with Crippen molar-refractivity contribution in [2.45, 2.75) is 58.9 Å². The van der Waals surface area contributed by atoms with Gasteiger partial charge in [-0.1, -0.05) is 32.4 Å². The summed E-state index contributed by atoms with van der Waals surface area (Å²) in [6.45, 7) is 7.81. The predicted octanol–water partition coefficient (Wildman–Crippen LogP) is 3.59. The maximum absolute atomic E-state index is 6.48. The molecule has 1 aromatic rings. The lowest BCUT2D eigenvalue weighted by Gasteiger charge is -2.20. The molecule has 2 rings (SSSR count). The second-order valence-corrected chi connectivity index (χ2v) is 6.94. The molecule has 3 nitrogen and oxygen atoms in total. The van der Waals surface area contributed by atoms with E-state index in [1.54, 1.807) is 0 Å². The van der Waals surface area contributed by atoms with Crippen LogP contribution >= 0.6 is 11.6 Å². The molecule has 1 saturated carbocycles. The van der Waals surface area contributed by atoms with Crippen LogP contribution in [0.15, 0.2) is 0 Å². The minimum absolute atomic E-state index is 0.646. The molecule has 0 radical (unpaired) electrons. The van der Waals surface area contributed by atoms with Crippen LogP contribution in [0.5, 0.6) is 0 Å². The van der Waals surface area contributed by atoms with Gasteiger partial charge < -0.3 is 5.32 Å². The zero-order valence-electron chi connectivity index (χ0n) is 13.2. The fourth-order valence-electron chi connectivity index (χ4n) is 2.84. The molecule has 114 valence electrons. The molecule has 0 saturated heterocycles. The molecule has 1 N–H and O–H groups in total. The van der Waals surface area contributed by atoms with Gasteiger partial charge in [0.15, 0.2) is 0 Å². The number of hydrogen-bond donors (Lipinski definition) is 1. The van der Waals surface area contributed by atoms with Crippen LogP contribution in [0.25, 0.3) is 0 Å². The summed E-state index contributed by atoms with van der Waals surface area (Å²) in [6, 6.07) is 0.776. The molecule has 1 aromatic heterocycles. The number of nitrogens with one attached hydrogen (secondary N) is 1. The van der Waals surface area contributed by atoms with Gasteiger partial charge in [-0.05, 0) is 50.5 Å². The maximum atomic E-state index is 6.48. The van der Waals surface area contributed by atoms with E-state index in [-0.39, 0.29) is 0 Å². The summed E-state index contributed by atoms with van der Waals surface area (Å²) < 4.78 is 1.98. The van der Waals surface area contributed by atoms with Crippen molar-refractivity contribution >= 4 is 11.6 Å². The molecule has 0 bridgehead atoms. The largest absolute Gasteiger partial charge is 0.314 e. The average Bonchev–Trinajstić information content (AvgIpc) is 3.17. The molecule has 1 aliphatic carbocycles. The molecule has 1 unspecified atom stereocenters. The van der Waals surface area contributed by atoms with Crippen molar-refractivity contribution in [3.63, 3.8) is 0 Å². The van der Waals surface area contributed by atoms with Crippen LogP contribution in [-0.4, -0.2) is 22.4 Å². The van der Waals surface area contributed by atoms with Crippen LogP contribution < -0.4 is 5.32 Å². The minimum atomic E-state index is 0.646. The van der Waals surface area contributed by atoms with E-state index in [1.807, 2.05) is 11.7 Å². The fraction of sp³-hybridized carbons (Fsp3) is 0.812. The summed E-state index contributed by atoms with van der Waals surface area (Å²) in [5.74, 6) is 1.37. The first-order chi connectivity index (χ1) is 9.51. The van der Waals surface area contributed by atoms with E-state index < -0.39 is 0 Å². The number of hydrogen-bond acceptors (Lipinski definition) is 2. The van der Waals surface area contributed by atoms with E-state index in [4.69, 9.17) is 11.6 Å². The lowest BCUT2D eigenvalue weighted by Crippen LogP contribution is -2.27. The molecule has 0 amide bonds. The lowest BCUT2D eigenvalue weighted by molar-refractivity contribution is 0.377. The molecule has 0 aliphatic heterocycles. The number of aryl methyl sites for hydroxylation is 2. The molecule has 0 aromatic carbocycles. The van der Waals surface area contributed by atoms with Crippen LogP contribution in [0, 0.1) is 11.8 Å². The summed E-state index contributed by atoms with van der Waals surface area (Å²) in [7, 11) is 2.02.